The number of nitrogens with one attached hydrogen (secondary N) is 1. The predicted octanol–water partition coefficient (Wildman–Crippen LogP) is 7.78. The fourth-order valence-corrected chi connectivity index (χ4v) is 21.3. The summed E-state index contributed by atoms with van der Waals surface area (Å²) in [5, 5.41) is 39.8. The third-order valence-corrected chi connectivity index (χ3v) is 24.0. The zero-order valence-electron chi connectivity index (χ0n) is 43.9. The van der Waals surface area contributed by atoms with E-state index in [0.29, 0.717) is 55.7 Å². The molecule has 4 N–H and O–H groups in total. The van der Waals surface area contributed by atoms with E-state index in [9.17, 15) is 20.1 Å². The van der Waals surface area contributed by atoms with E-state index < -0.39 is 81.2 Å². The van der Waals surface area contributed by atoms with Gasteiger partial charge in [-0.25, -0.2) is 4.79 Å². The lowest BCUT2D eigenvalue weighted by Gasteiger charge is -2.70. The highest BCUT2D eigenvalue weighted by Gasteiger charge is 2.94. The number of Topliss-reactive ketones (excluding diaryl/α,β-unsaturated/α-hetero) is 1. The van der Waals surface area contributed by atoms with Crippen molar-refractivity contribution in [2.45, 2.75) is 184 Å². The van der Waals surface area contributed by atoms with Crippen LogP contribution in [0.15, 0.2) is 59.4 Å². The zero-order chi connectivity index (χ0) is 50.8. The maximum absolute atomic E-state index is 16.3. The number of furan rings is 1. The Labute approximate surface area is 436 Å². The maximum atomic E-state index is 16.3. The quantitative estimate of drug-likeness (QED) is 0.141. The van der Waals surface area contributed by atoms with Gasteiger partial charge >= 0.3 is 11.9 Å². The minimum absolute atomic E-state index is 0.0323. The minimum Gasteiger partial charge on any atom is -0.469 e. The molecule has 19 atom stereocenters. The third kappa shape index (κ3) is 6.40. The summed E-state index contributed by atoms with van der Waals surface area (Å²) >= 11 is 0. The molecule has 2 aromatic rings. The molecule has 12 aliphatic rings. The first-order valence-corrected chi connectivity index (χ1v) is 29.2. The number of aliphatic hydroxyl groups excluding tert-OH is 3. The van der Waals surface area contributed by atoms with Crippen LogP contribution in [-0.2, 0) is 46.2 Å². The highest BCUT2D eigenvalue weighted by atomic mass is 16.7. The van der Waals surface area contributed by atoms with Gasteiger partial charge in [-0.05, 0) is 162 Å². The largest absolute Gasteiger partial charge is 0.469 e. The number of hydrogen-bond acceptors (Lipinski definition) is 13. The molecule has 6 saturated carbocycles. The van der Waals surface area contributed by atoms with Crippen molar-refractivity contribution in [1.82, 2.24) is 10.2 Å². The van der Waals surface area contributed by atoms with E-state index in [-0.39, 0.29) is 54.1 Å². The summed E-state index contributed by atoms with van der Waals surface area (Å²) in [4.78, 5) is 48.7. The van der Waals surface area contributed by atoms with Crippen LogP contribution in [0, 0.1) is 74.4 Å². The molecule has 74 heavy (non-hydrogen) atoms. The molecule has 6 aliphatic heterocycles. The van der Waals surface area contributed by atoms with Crippen LogP contribution in [0.25, 0.3) is 0 Å². The number of allylic oxidation sites excluding steroid dienone is 1. The molecule has 13 nitrogen and oxygen atoms in total. The highest BCUT2D eigenvalue weighted by Crippen LogP contribution is 2.84. The Morgan fingerprint density at radius 2 is 1.72 bits per heavy atom. The van der Waals surface area contributed by atoms with Crippen LogP contribution in [0.2, 0.25) is 0 Å². The number of rotatable bonds is 9. The second-order valence-corrected chi connectivity index (χ2v) is 27.3. The van der Waals surface area contributed by atoms with Gasteiger partial charge in [-0.1, -0.05) is 69.0 Å². The first kappa shape index (κ1) is 48.8. The molecular formula is C61H80N2O11. The van der Waals surface area contributed by atoms with Crippen LogP contribution in [0.4, 0.5) is 0 Å². The summed E-state index contributed by atoms with van der Waals surface area (Å²) in [6, 6.07) is 13.0. The second-order valence-electron chi connectivity index (χ2n) is 27.3. The summed E-state index contributed by atoms with van der Waals surface area (Å²) < 4.78 is 34.7. The second kappa shape index (κ2) is 17.0. The third-order valence-electron chi connectivity index (χ3n) is 24.0. The molecule has 1 aromatic carbocycles. The van der Waals surface area contributed by atoms with Crippen molar-refractivity contribution in [2.75, 3.05) is 26.4 Å². The number of benzene rings is 1. The number of ether oxygens (including phenoxy) is 4. The average Bonchev–Trinajstić information content (AvgIpc) is 4.16. The smallest absolute Gasteiger partial charge is 0.339 e. The zero-order valence-corrected chi connectivity index (χ0v) is 43.9. The molecule has 5 saturated heterocycles. The summed E-state index contributed by atoms with van der Waals surface area (Å²) in [5.41, 5.74) is -4.41. The molecule has 0 radical (unpaired) electrons. The Bertz CT molecular complexity index is 2590. The van der Waals surface area contributed by atoms with Crippen LogP contribution in [-0.4, -0.2) is 106 Å². The fourth-order valence-electron chi connectivity index (χ4n) is 21.3. The van der Waals surface area contributed by atoms with E-state index in [1.54, 1.807) is 6.26 Å². The van der Waals surface area contributed by atoms with E-state index in [2.05, 4.69) is 53.7 Å². The average molecular weight is 1020 g/mol. The van der Waals surface area contributed by atoms with Gasteiger partial charge in [0.15, 0.2) is 11.9 Å². The van der Waals surface area contributed by atoms with Crippen molar-refractivity contribution >= 4 is 17.7 Å². The van der Waals surface area contributed by atoms with Gasteiger partial charge in [0.05, 0.1) is 48.7 Å². The van der Waals surface area contributed by atoms with Crippen LogP contribution < -0.4 is 5.32 Å². The maximum Gasteiger partial charge on any atom is 0.339 e. The van der Waals surface area contributed by atoms with Gasteiger partial charge in [0.25, 0.3) is 0 Å². The SMILES string of the molecule is CC1(C)O[C@H]2[C@@]3(CCC4(CCCC4)C3)C(=O)OC[C@@]23[C@@H]1C(=O)[C@@H](O)[C@]1([C@H]2CCC[C@@H](Cc4ccccc4)C2)[C@@H]3CC[C@@]2(C)[C@H](c3ccoc3C[C@@H]([C@H]3CC[C@H]4[C@H](C=CN5CNC[C@@H]45)C3)[C@H](O)CO)OC(=O)[C@H]3O[C@@]312. The van der Waals surface area contributed by atoms with Crippen LogP contribution in [0.5, 0.6) is 0 Å². The molecule has 1 aromatic heterocycles. The molecule has 0 amide bonds. The summed E-state index contributed by atoms with van der Waals surface area (Å²) in [6.45, 7) is 7.68. The molecule has 400 valence electrons. The van der Waals surface area contributed by atoms with E-state index >= 15 is 9.59 Å². The van der Waals surface area contributed by atoms with Crippen molar-refractivity contribution in [2.24, 2.45) is 74.4 Å². The monoisotopic (exact) mass is 1020 g/mol. The molecule has 13 heteroatoms. The molecule has 0 unspecified atom stereocenters. The van der Waals surface area contributed by atoms with Gasteiger partial charge in [-0.2, -0.15) is 0 Å². The number of nitrogens with zero attached hydrogens (tertiary/aromatic N) is 1. The van der Waals surface area contributed by atoms with Crippen molar-refractivity contribution in [3.05, 3.63) is 71.8 Å². The van der Waals surface area contributed by atoms with E-state index in [0.717, 1.165) is 102 Å². The van der Waals surface area contributed by atoms with Crippen molar-refractivity contribution in [3.8, 4) is 0 Å². The topological polar surface area (TPSA) is 181 Å². The highest BCUT2D eigenvalue weighted by molar-refractivity contribution is 5.93. The number of ketones is 1. The summed E-state index contributed by atoms with van der Waals surface area (Å²) in [7, 11) is 0. The minimum atomic E-state index is -1.48. The van der Waals surface area contributed by atoms with Crippen molar-refractivity contribution in [1.29, 1.82) is 0 Å². The number of cyclic esters (lactones) is 2. The van der Waals surface area contributed by atoms with Crippen LogP contribution in [0.3, 0.4) is 0 Å². The number of epoxide rings is 1. The van der Waals surface area contributed by atoms with Gasteiger partial charge in [0.2, 0.25) is 0 Å². The van der Waals surface area contributed by atoms with E-state index in [4.69, 9.17) is 23.4 Å². The Balaban J connectivity index is 0.881. The Kier molecular flexibility index (Phi) is 11.2. The fraction of sp³-hybridized carbons (Fsp3) is 0.754. The molecule has 14 rings (SSSR count). The standard InChI is InChI=1S/C61H80N2O11/c1-55(2)48-47(66)49(67)60(39-13-9-12-36(27-39)26-35-10-5-4-6-11-35)46(59(48)33-71-54(69)58(53(59)74-55)23-22-57(32-58)19-7-8-20-57)16-21-56(3)50(72-52(68)51-61(56,60)73-51)41-18-25-70-45(41)29-42(44(65)31-64)37-14-15-40-38(28-37)17-24-63-34-62-30-43(40)63/h4-6,10-11,17-18,24-25,36-40,42-44,46,48-51,53,62,64-65,67H,7-9,12-16,19-23,26-34H2,1-3H3/t36-,37-,38+,39-,40-,42-,43-,44+,46+,48+,49+,50-,51+,53-,56-,58-,59+,60-,61+/m0/s1. The van der Waals surface area contributed by atoms with Crippen molar-refractivity contribution in [3.63, 3.8) is 0 Å². The van der Waals surface area contributed by atoms with Gasteiger partial charge in [-0.3, -0.25) is 14.9 Å². The molecule has 6 aliphatic carbocycles. The van der Waals surface area contributed by atoms with Gasteiger partial charge in [-0.15, -0.1) is 0 Å². The lowest BCUT2D eigenvalue weighted by molar-refractivity contribution is -0.286. The molecule has 4 spiro atoms. The number of hydrogen-bond donors (Lipinski definition) is 4. The van der Waals surface area contributed by atoms with E-state index in [1.807, 2.05) is 26.0 Å². The number of carbonyl (C=O) groups is 3. The van der Waals surface area contributed by atoms with E-state index in [1.165, 1.54) is 5.56 Å². The molecule has 11 fully saturated rings. The Morgan fingerprint density at radius 1 is 0.892 bits per heavy atom. The van der Waals surface area contributed by atoms with Gasteiger partial charge < -0.3 is 43.6 Å². The van der Waals surface area contributed by atoms with Crippen LogP contribution in [0.1, 0.15) is 146 Å². The normalized spacial score (nSPS) is 46.9. The molecule has 7 heterocycles. The first-order chi connectivity index (χ1) is 35.7. The molecular weight excluding hydrogens is 937 g/mol. The molecule has 0 bridgehead atoms. The Hall–Kier alpha value is -3.59. The number of fused-ring (bicyclic) bond motifs is 5. The van der Waals surface area contributed by atoms with Crippen molar-refractivity contribution < 1.29 is 53.1 Å². The number of aliphatic hydroxyl groups is 3. The number of esters is 2. The summed E-state index contributed by atoms with van der Waals surface area (Å²) in [5.74, 6) is -0.708. The first-order valence-electron chi connectivity index (χ1n) is 29.2. The Morgan fingerprint density at radius 3 is 2.53 bits per heavy atom. The van der Waals surface area contributed by atoms with Gasteiger partial charge in [0.1, 0.15) is 30.2 Å². The predicted molar refractivity (Wildman–Crippen MR) is 270 cm³/mol. The van der Waals surface area contributed by atoms with Crippen LogP contribution >= 0.6 is 0 Å². The summed E-state index contributed by atoms with van der Waals surface area (Å²) in [6.07, 6.45) is 16.7. The number of carbonyl (C=O) groups excluding carboxylic acids is 3. The lowest BCUT2D eigenvalue weighted by atomic mass is 9.32. The van der Waals surface area contributed by atoms with Gasteiger partial charge in [0, 0.05) is 40.8 Å². The lowest BCUT2D eigenvalue weighted by Crippen LogP contribution is -2.80.